The van der Waals surface area contributed by atoms with Gasteiger partial charge in [-0.2, -0.15) is 10.2 Å². The molecule has 0 aliphatic heterocycles. The maximum atomic E-state index is 8.73. The third-order valence-electron chi connectivity index (χ3n) is 2.35. The second kappa shape index (κ2) is 5.51. The Bertz CT molecular complexity index is 606. The molecule has 1 aromatic heterocycles. The summed E-state index contributed by atoms with van der Waals surface area (Å²) in [5.41, 5.74) is 0.811. The summed E-state index contributed by atoms with van der Waals surface area (Å²) in [5, 5.41) is 13.2. The molecule has 1 heterocycles. The predicted molar refractivity (Wildman–Crippen MR) is 70.9 cm³/mol. The molecule has 2 rings (SSSR count). The third-order valence-corrected chi connectivity index (χ3v) is 3.56. The van der Waals surface area contributed by atoms with Crippen molar-refractivity contribution in [2.75, 3.05) is 0 Å². The van der Waals surface area contributed by atoms with Gasteiger partial charge in [0.1, 0.15) is 0 Å². The highest BCUT2D eigenvalue weighted by atomic mass is 79.9. The van der Waals surface area contributed by atoms with Crippen LogP contribution < -0.4 is 0 Å². The van der Waals surface area contributed by atoms with Crippen LogP contribution in [0.4, 0.5) is 0 Å². The number of hydrogen-bond donors (Lipinski definition) is 0. The van der Waals surface area contributed by atoms with E-state index in [0.29, 0.717) is 23.2 Å². The quantitative estimate of drug-likeness (QED) is 0.859. The van der Waals surface area contributed by atoms with Crippen LogP contribution in [0.3, 0.4) is 0 Å². The van der Waals surface area contributed by atoms with E-state index < -0.39 is 0 Å². The minimum absolute atomic E-state index is 0.143. The van der Waals surface area contributed by atoms with Gasteiger partial charge in [0.25, 0.3) is 0 Å². The van der Waals surface area contributed by atoms with Crippen LogP contribution in [0.1, 0.15) is 12.8 Å². The SMILES string of the molecule is CC(C#N)Cc1nc(-c2ccc(Cl)c(Br)c2)no1. The van der Waals surface area contributed by atoms with E-state index in [-0.39, 0.29) is 5.92 Å². The molecule has 0 radical (unpaired) electrons. The van der Waals surface area contributed by atoms with Gasteiger partial charge in [0.05, 0.1) is 17.0 Å². The molecule has 18 heavy (non-hydrogen) atoms. The second-order valence-corrected chi connectivity index (χ2v) is 5.14. The van der Waals surface area contributed by atoms with E-state index in [1.165, 1.54) is 0 Å². The van der Waals surface area contributed by atoms with Gasteiger partial charge in [-0.15, -0.1) is 0 Å². The summed E-state index contributed by atoms with van der Waals surface area (Å²) in [5.74, 6) is 0.813. The van der Waals surface area contributed by atoms with Gasteiger partial charge in [-0.3, -0.25) is 0 Å². The van der Waals surface area contributed by atoms with Crippen molar-refractivity contribution in [2.24, 2.45) is 5.92 Å². The van der Waals surface area contributed by atoms with Crippen molar-refractivity contribution in [1.29, 1.82) is 5.26 Å². The summed E-state index contributed by atoms with van der Waals surface area (Å²) < 4.78 is 5.88. The molecular formula is C12H9BrClN3O. The smallest absolute Gasteiger partial charge is 0.228 e. The number of hydrogen-bond acceptors (Lipinski definition) is 4. The maximum absolute atomic E-state index is 8.73. The summed E-state index contributed by atoms with van der Waals surface area (Å²) in [6, 6.07) is 7.52. The number of benzene rings is 1. The van der Waals surface area contributed by atoms with Gasteiger partial charge in [0.2, 0.25) is 11.7 Å². The normalized spacial score (nSPS) is 12.1. The molecule has 1 unspecified atom stereocenters. The van der Waals surface area contributed by atoms with Crippen molar-refractivity contribution in [2.45, 2.75) is 13.3 Å². The summed E-state index contributed by atoms with van der Waals surface area (Å²) in [6.45, 7) is 1.81. The van der Waals surface area contributed by atoms with Crippen LogP contribution in [0.2, 0.25) is 5.02 Å². The van der Waals surface area contributed by atoms with Crippen LogP contribution in [0.5, 0.6) is 0 Å². The Kier molecular flexibility index (Phi) is 4.00. The molecule has 0 bridgehead atoms. The fraction of sp³-hybridized carbons (Fsp3) is 0.250. The molecule has 0 aliphatic rings. The number of rotatable bonds is 3. The standard InChI is InChI=1S/C12H9BrClN3O/c1-7(6-15)4-11-16-12(17-18-11)8-2-3-10(14)9(13)5-8/h2-3,5,7H,4H2,1H3. The number of nitriles is 1. The minimum Gasteiger partial charge on any atom is -0.339 e. The number of halogens is 2. The Labute approximate surface area is 118 Å². The van der Waals surface area contributed by atoms with E-state index in [1.54, 1.807) is 6.07 Å². The Morgan fingerprint density at radius 3 is 3.00 bits per heavy atom. The van der Waals surface area contributed by atoms with Crippen LogP contribution in [0, 0.1) is 17.2 Å². The highest BCUT2D eigenvalue weighted by Crippen LogP contribution is 2.27. The molecule has 6 heteroatoms. The van der Waals surface area contributed by atoms with E-state index in [1.807, 2.05) is 19.1 Å². The molecule has 2 aromatic rings. The third kappa shape index (κ3) is 2.89. The molecule has 0 fully saturated rings. The van der Waals surface area contributed by atoms with Crippen LogP contribution in [0.15, 0.2) is 27.2 Å². The Morgan fingerprint density at radius 2 is 2.33 bits per heavy atom. The average Bonchev–Trinajstić information content (AvgIpc) is 2.81. The fourth-order valence-electron chi connectivity index (χ4n) is 1.40. The zero-order valence-electron chi connectivity index (χ0n) is 9.52. The minimum atomic E-state index is -0.143. The van der Waals surface area contributed by atoms with Crippen molar-refractivity contribution in [3.63, 3.8) is 0 Å². The molecule has 1 aromatic carbocycles. The van der Waals surface area contributed by atoms with Crippen molar-refractivity contribution < 1.29 is 4.52 Å². The van der Waals surface area contributed by atoms with Crippen LogP contribution in [-0.2, 0) is 6.42 Å². The van der Waals surface area contributed by atoms with E-state index in [4.69, 9.17) is 21.4 Å². The van der Waals surface area contributed by atoms with Gasteiger partial charge >= 0.3 is 0 Å². The highest BCUT2D eigenvalue weighted by molar-refractivity contribution is 9.10. The largest absolute Gasteiger partial charge is 0.339 e. The molecule has 92 valence electrons. The summed E-state index contributed by atoms with van der Waals surface area (Å²) in [7, 11) is 0. The molecule has 0 amide bonds. The van der Waals surface area contributed by atoms with Crippen molar-refractivity contribution in [3.8, 4) is 17.5 Å². The van der Waals surface area contributed by atoms with Crippen LogP contribution in [0.25, 0.3) is 11.4 Å². The molecular weight excluding hydrogens is 318 g/mol. The lowest BCUT2D eigenvalue weighted by molar-refractivity contribution is 0.369. The molecule has 0 spiro atoms. The lowest BCUT2D eigenvalue weighted by Gasteiger charge is -1.97. The molecule has 4 nitrogen and oxygen atoms in total. The van der Waals surface area contributed by atoms with Gasteiger partial charge in [-0.25, -0.2) is 0 Å². The predicted octanol–water partition coefficient (Wildman–Crippen LogP) is 3.85. The van der Waals surface area contributed by atoms with Crippen molar-refractivity contribution >= 4 is 27.5 Å². The van der Waals surface area contributed by atoms with E-state index in [0.717, 1.165) is 10.0 Å². The first-order valence-corrected chi connectivity index (χ1v) is 6.45. The van der Waals surface area contributed by atoms with E-state index >= 15 is 0 Å². The second-order valence-electron chi connectivity index (χ2n) is 3.87. The lowest BCUT2D eigenvalue weighted by atomic mass is 10.1. The molecule has 0 saturated heterocycles. The van der Waals surface area contributed by atoms with Gasteiger partial charge < -0.3 is 4.52 Å². The first kappa shape index (κ1) is 13.1. The zero-order chi connectivity index (χ0) is 13.1. The Morgan fingerprint density at radius 1 is 1.56 bits per heavy atom. The van der Waals surface area contributed by atoms with Gasteiger partial charge in [0, 0.05) is 16.5 Å². The number of aromatic nitrogens is 2. The first-order valence-electron chi connectivity index (χ1n) is 5.27. The highest BCUT2D eigenvalue weighted by Gasteiger charge is 2.12. The summed E-state index contributed by atoms with van der Waals surface area (Å²) in [4.78, 5) is 4.25. The van der Waals surface area contributed by atoms with Crippen molar-refractivity contribution in [1.82, 2.24) is 10.1 Å². The zero-order valence-corrected chi connectivity index (χ0v) is 11.9. The maximum Gasteiger partial charge on any atom is 0.228 e. The molecule has 0 saturated carbocycles. The average molecular weight is 327 g/mol. The van der Waals surface area contributed by atoms with Gasteiger partial charge in [0.15, 0.2) is 0 Å². The number of nitrogens with zero attached hydrogens (tertiary/aromatic N) is 3. The van der Waals surface area contributed by atoms with E-state index in [9.17, 15) is 0 Å². The molecule has 0 N–H and O–H groups in total. The van der Waals surface area contributed by atoms with Crippen molar-refractivity contribution in [3.05, 3.63) is 33.6 Å². The Hall–Kier alpha value is -1.38. The Balaban J connectivity index is 2.24. The van der Waals surface area contributed by atoms with Crippen LogP contribution in [-0.4, -0.2) is 10.1 Å². The fourth-order valence-corrected chi connectivity index (χ4v) is 1.89. The summed E-state index contributed by atoms with van der Waals surface area (Å²) >= 11 is 9.25. The first-order chi connectivity index (χ1) is 8.60. The molecule has 1 atom stereocenters. The van der Waals surface area contributed by atoms with E-state index in [2.05, 4.69) is 32.1 Å². The summed E-state index contributed by atoms with van der Waals surface area (Å²) in [6.07, 6.45) is 0.457. The monoisotopic (exact) mass is 325 g/mol. The van der Waals surface area contributed by atoms with Gasteiger partial charge in [-0.05, 0) is 41.1 Å². The van der Waals surface area contributed by atoms with Crippen LogP contribution >= 0.6 is 27.5 Å². The van der Waals surface area contributed by atoms with Gasteiger partial charge in [-0.1, -0.05) is 16.8 Å². The topological polar surface area (TPSA) is 62.7 Å². The lowest BCUT2D eigenvalue weighted by Crippen LogP contribution is -1.96. The molecule has 0 aliphatic carbocycles.